The minimum atomic E-state index is 0.905. The summed E-state index contributed by atoms with van der Waals surface area (Å²) in [5, 5.41) is 9.97. The lowest BCUT2D eigenvalue weighted by Crippen LogP contribution is -1.97. The van der Waals surface area contributed by atoms with E-state index in [4.69, 9.17) is 4.74 Å². The molecule has 1 nitrogen and oxygen atoms in total. The fraction of sp³-hybridized carbons (Fsp3) is 0. The normalized spacial score (nSPS) is 12.1. The fourth-order valence-electron chi connectivity index (χ4n) is 6.81. The highest BCUT2D eigenvalue weighted by atomic mass is 16.5. The third-order valence-electron chi connectivity index (χ3n) is 8.63. The standard InChI is InChI=1S/C40H24O/c1-2-9-25(10-3-1)29-15-8-16-31-32(29)20-21-34-35(31)23-27-11-4-5-14-30(27)39(34)28-19-22-37-36(24-28)33-17-6-12-26-13-7-18-38(41-37)40(26)33/h1-24H. The minimum absolute atomic E-state index is 0.905. The summed E-state index contributed by atoms with van der Waals surface area (Å²) in [5.41, 5.74) is 7.33. The second-order valence-electron chi connectivity index (χ2n) is 10.9. The molecule has 8 aromatic rings. The number of ether oxygens (including phenoxy) is 1. The van der Waals surface area contributed by atoms with E-state index >= 15 is 0 Å². The van der Waals surface area contributed by atoms with Crippen LogP contribution < -0.4 is 4.74 Å². The Hall–Kier alpha value is -5.40. The maximum atomic E-state index is 6.43. The van der Waals surface area contributed by atoms with Crippen molar-refractivity contribution in [3.05, 3.63) is 146 Å². The summed E-state index contributed by atoms with van der Waals surface area (Å²) < 4.78 is 6.43. The van der Waals surface area contributed by atoms with Crippen LogP contribution in [0.5, 0.6) is 11.5 Å². The van der Waals surface area contributed by atoms with Crippen molar-refractivity contribution >= 4 is 43.1 Å². The third kappa shape index (κ3) is 3.30. The molecule has 0 aliphatic carbocycles. The van der Waals surface area contributed by atoms with Gasteiger partial charge in [0.15, 0.2) is 0 Å². The van der Waals surface area contributed by atoms with Crippen molar-refractivity contribution < 1.29 is 4.74 Å². The largest absolute Gasteiger partial charge is 0.456 e. The van der Waals surface area contributed by atoms with Gasteiger partial charge >= 0.3 is 0 Å². The Balaban J connectivity index is 1.35. The van der Waals surface area contributed by atoms with Crippen molar-refractivity contribution in [1.82, 2.24) is 0 Å². The molecule has 0 fully saturated rings. The van der Waals surface area contributed by atoms with Crippen molar-refractivity contribution in [2.45, 2.75) is 0 Å². The van der Waals surface area contributed by atoms with E-state index in [1.165, 1.54) is 70.9 Å². The smallest absolute Gasteiger partial charge is 0.135 e. The summed E-state index contributed by atoms with van der Waals surface area (Å²) >= 11 is 0. The quantitative estimate of drug-likeness (QED) is 0.163. The number of fused-ring (bicyclic) bond motifs is 6. The molecule has 0 unspecified atom stereocenters. The SMILES string of the molecule is c1ccc(-c2cccc3c2ccc2c(-c4ccc5c(c4)-c4cccc6cccc(c46)O5)c4ccccc4cc23)cc1. The zero-order chi connectivity index (χ0) is 26.9. The van der Waals surface area contributed by atoms with E-state index in [0.717, 1.165) is 17.1 Å². The molecule has 1 heterocycles. The molecular weight excluding hydrogens is 496 g/mol. The molecule has 0 aromatic heterocycles. The van der Waals surface area contributed by atoms with Gasteiger partial charge in [-0.1, -0.05) is 121 Å². The first kappa shape index (κ1) is 22.4. The molecule has 190 valence electrons. The zero-order valence-corrected chi connectivity index (χ0v) is 22.3. The summed E-state index contributed by atoms with van der Waals surface area (Å²) in [6.07, 6.45) is 0. The highest BCUT2D eigenvalue weighted by Crippen LogP contribution is 2.49. The van der Waals surface area contributed by atoms with Crippen LogP contribution in [0.2, 0.25) is 0 Å². The predicted molar refractivity (Wildman–Crippen MR) is 173 cm³/mol. The Kier molecular flexibility index (Phi) is 4.67. The van der Waals surface area contributed by atoms with Gasteiger partial charge in [-0.2, -0.15) is 0 Å². The van der Waals surface area contributed by atoms with Crippen LogP contribution in [0.25, 0.3) is 76.5 Å². The second-order valence-corrected chi connectivity index (χ2v) is 10.9. The lowest BCUT2D eigenvalue weighted by molar-refractivity contribution is 0.487. The minimum Gasteiger partial charge on any atom is -0.456 e. The first-order chi connectivity index (χ1) is 20.3. The summed E-state index contributed by atoms with van der Waals surface area (Å²) in [5.74, 6) is 1.83. The Morgan fingerprint density at radius 1 is 0.341 bits per heavy atom. The lowest BCUT2D eigenvalue weighted by Gasteiger charge is -2.22. The van der Waals surface area contributed by atoms with E-state index in [0.29, 0.717) is 0 Å². The first-order valence-electron chi connectivity index (χ1n) is 14.1. The second kappa shape index (κ2) is 8.55. The maximum absolute atomic E-state index is 6.43. The highest BCUT2D eigenvalue weighted by molar-refractivity contribution is 6.22. The van der Waals surface area contributed by atoms with Crippen molar-refractivity contribution in [2.75, 3.05) is 0 Å². The highest BCUT2D eigenvalue weighted by Gasteiger charge is 2.21. The van der Waals surface area contributed by atoms with Crippen LogP contribution >= 0.6 is 0 Å². The molecule has 0 radical (unpaired) electrons. The van der Waals surface area contributed by atoms with Crippen LogP contribution in [-0.2, 0) is 0 Å². The lowest BCUT2D eigenvalue weighted by atomic mass is 9.86. The van der Waals surface area contributed by atoms with E-state index in [1.54, 1.807) is 0 Å². The molecule has 0 amide bonds. The van der Waals surface area contributed by atoms with Gasteiger partial charge in [0.1, 0.15) is 11.5 Å². The molecule has 1 heteroatoms. The summed E-state index contributed by atoms with van der Waals surface area (Å²) in [4.78, 5) is 0. The van der Waals surface area contributed by atoms with Gasteiger partial charge < -0.3 is 4.74 Å². The van der Waals surface area contributed by atoms with Crippen LogP contribution in [0.1, 0.15) is 0 Å². The van der Waals surface area contributed by atoms with Crippen LogP contribution in [0.4, 0.5) is 0 Å². The number of rotatable bonds is 2. The molecule has 41 heavy (non-hydrogen) atoms. The average molecular weight is 521 g/mol. The molecule has 9 rings (SSSR count). The van der Waals surface area contributed by atoms with Crippen LogP contribution in [-0.4, -0.2) is 0 Å². The van der Waals surface area contributed by atoms with Crippen molar-refractivity contribution in [2.24, 2.45) is 0 Å². The Morgan fingerprint density at radius 2 is 1.07 bits per heavy atom. The van der Waals surface area contributed by atoms with Crippen molar-refractivity contribution in [1.29, 1.82) is 0 Å². The van der Waals surface area contributed by atoms with E-state index in [-0.39, 0.29) is 0 Å². The summed E-state index contributed by atoms with van der Waals surface area (Å²) in [7, 11) is 0. The van der Waals surface area contributed by atoms with E-state index in [1.807, 2.05) is 0 Å². The molecule has 1 aliphatic rings. The molecule has 8 aromatic carbocycles. The molecule has 0 bridgehead atoms. The molecule has 0 saturated carbocycles. The van der Waals surface area contributed by atoms with Crippen LogP contribution in [0.15, 0.2) is 146 Å². The Morgan fingerprint density at radius 3 is 2.00 bits per heavy atom. The van der Waals surface area contributed by atoms with Gasteiger partial charge in [-0.15, -0.1) is 0 Å². The maximum Gasteiger partial charge on any atom is 0.135 e. The van der Waals surface area contributed by atoms with E-state index < -0.39 is 0 Å². The summed E-state index contributed by atoms with van der Waals surface area (Å²) in [6, 6.07) is 52.6. The average Bonchev–Trinajstić information content (AvgIpc) is 3.04. The number of hydrogen-bond acceptors (Lipinski definition) is 1. The van der Waals surface area contributed by atoms with Crippen molar-refractivity contribution in [3.8, 4) is 44.9 Å². The third-order valence-corrected chi connectivity index (χ3v) is 8.63. The monoisotopic (exact) mass is 520 g/mol. The Labute approximate surface area is 237 Å². The predicted octanol–water partition coefficient (Wildman–Crippen LogP) is 11.4. The Bertz CT molecular complexity index is 2320. The van der Waals surface area contributed by atoms with Gasteiger partial charge in [-0.3, -0.25) is 0 Å². The zero-order valence-electron chi connectivity index (χ0n) is 22.3. The molecule has 0 N–H and O–H groups in total. The topological polar surface area (TPSA) is 9.23 Å². The van der Waals surface area contributed by atoms with Gasteiger partial charge in [0.25, 0.3) is 0 Å². The molecule has 1 aliphatic heterocycles. The number of benzene rings is 8. The van der Waals surface area contributed by atoms with E-state index in [2.05, 4.69) is 146 Å². The first-order valence-corrected chi connectivity index (χ1v) is 14.1. The van der Waals surface area contributed by atoms with Gasteiger partial charge in [-0.05, 0) is 89.8 Å². The fourth-order valence-corrected chi connectivity index (χ4v) is 6.81. The number of hydrogen-bond donors (Lipinski definition) is 0. The molecule has 0 saturated heterocycles. The van der Waals surface area contributed by atoms with Gasteiger partial charge in [0.2, 0.25) is 0 Å². The molecule has 0 spiro atoms. The van der Waals surface area contributed by atoms with Crippen LogP contribution in [0.3, 0.4) is 0 Å². The molecule has 0 atom stereocenters. The van der Waals surface area contributed by atoms with Gasteiger partial charge in [-0.25, -0.2) is 0 Å². The van der Waals surface area contributed by atoms with E-state index in [9.17, 15) is 0 Å². The van der Waals surface area contributed by atoms with Gasteiger partial charge in [0, 0.05) is 10.9 Å². The summed E-state index contributed by atoms with van der Waals surface area (Å²) in [6.45, 7) is 0. The van der Waals surface area contributed by atoms with Crippen LogP contribution in [0, 0.1) is 0 Å². The molecular formula is C40H24O. The van der Waals surface area contributed by atoms with Gasteiger partial charge in [0.05, 0.1) is 0 Å². The van der Waals surface area contributed by atoms with Crippen molar-refractivity contribution in [3.63, 3.8) is 0 Å².